The molecule has 1 unspecified atom stereocenters. The van der Waals surface area contributed by atoms with Crippen molar-refractivity contribution in [3.05, 3.63) is 0 Å². The molecule has 7 heavy (non-hydrogen) atoms. The van der Waals surface area contributed by atoms with Crippen molar-refractivity contribution in [1.29, 1.82) is 0 Å². The van der Waals surface area contributed by atoms with Gasteiger partial charge in [-0.3, -0.25) is 0 Å². The molecule has 0 aliphatic rings. The molecule has 0 heterocycles. The quantitative estimate of drug-likeness (QED) is 0.522. The first-order valence-corrected chi connectivity index (χ1v) is 2.07. The molecular formula is C4H9O3. The van der Waals surface area contributed by atoms with Gasteiger partial charge in [0.15, 0.2) is 0 Å². The molecule has 0 fully saturated rings. The lowest BCUT2D eigenvalue weighted by Gasteiger charge is -2.04. The number of hydrogen-bond acceptors (Lipinski definition) is 2. The van der Waals surface area contributed by atoms with E-state index < -0.39 is 6.10 Å². The first-order valence-electron chi connectivity index (χ1n) is 2.07. The lowest BCUT2D eigenvalue weighted by Crippen LogP contribution is -2.18. The SMILES string of the molecule is COC(C[O])CO. The van der Waals surface area contributed by atoms with Gasteiger partial charge in [0, 0.05) is 7.11 Å². The van der Waals surface area contributed by atoms with E-state index in [2.05, 4.69) is 4.74 Å². The van der Waals surface area contributed by atoms with Gasteiger partial charge in [-0.15, -0.1) is 0 Å². The molecule has 0 aromatic heterocycles. The Morgan fingerprint density at radius 3 is 2.43 bits per heavy atom. The third-order valence-corrected chi connectivity index (χ3v) is 0.723. The van der Waals surface area contributed by atoms with Crippen LogP contribution >= 0.6 is 0 Å². The van der Waals surface area contributed by atoms with Crippen LogP contribution in [0.2, 0.25) is 0 Å². The smallest absolute Gasteiger partial charge is 0.111 e. The summed E-state index contributed by atoms with van der Waals surface area (Å²) in [6.07, 6.45) is -0.514. The zero-order chi connectivity index (χ0) is 5.70. The molecule has 0 saturated carbocycles. The molecule has 3 heteroatoms. The van der Waals surface area contributed by atoms with E-state index in [9.17, 15) is 5.11 Å². The molecule has 0 aromatic carbocycles. The van der Waals surface area contributed by atoms with Crippen LogP contribution in [-0.4, -0.2) is 31.5 Å². The highest BCUT2D eigenvalue weighted by Gasteiger charge is 2.00. The first-order chi connectivity index (χ1) is 3.35. The summed E-state index contributed by atoms with van der Waals surface area (Å²) >= 11 is 0. The van der Waals surface area contributed by atoms with E-state index in [1.165, 1.54) is 7.11 Å². The minimum absolute atomic E-state index is 0.181. The normalized spacial score (nSPS) is 10.3. The maximum Gasteiger partial charge on any atom is 0.111 e. The van der Waals surface area contributed by atoms with E-state index in [0.717, 1.165) is 0 Å². The van der Waals surface area contributed by atoms with Gasteiger partial charge in [-0.2, -0.15) is 0 Å². The van der Waals surface area contributed by atoms with E-state index in [-0.39, 0.29) is 13.2 Å². The molecule has 0 amide bonds. The fraction of sp³-hybridized carbons (Fsp3) is 1.00. The van der Waals surface area contributed by atoms with Crippen molar-refractivity contribution < 1.29 is 14.9 Å². The van der Waals surface area contributed by atoms with E-state index in [1.807, 2.05) is 0 Å². The molecule has 0 rings (SSSR count). The summed E-state index contributed by atoms with van der Waals surface area (Å²) in [6, 6.07) is 0. The zero-order valence-electron chi connectivity index (χ0n) is 4.26. The minimum atomic E-state index is -0.514. The Kier molecular flexibility index (Phi) is 3.98. The Morgan fingerprint density at radius 1 is 1.86 bits per heavy atom. The molecule has 0 aromatic rings. The number of hydrogen-bond donors (Lipinski definition) is 1. The Bertz CT molecular complexity index is 28.4. The maximum absolute atomic E-state index is 9.81. The number of aliphatic hydroxyl groups excluding tert-OH is 1. The van der Waals surface area contributed by atoms with E-state index in [1.54, 1.807) is 0 Å². The van der Waals surface area contributed by atoms with Gasteiger partial charge < -0.3 is 9.84 Å². The van der Waals surface area contributed by atoms with Crippen molar-refractivity contribution >= 4 is 0 Å². The fourth-order valence-corrected chi connectivity index (χ4v) is 0.195. The van der Waals surface area contributed by atoms with Gasteiger partial charge in [-0.1, -0.05) is 0 Å². The molecule has 0 spiro atoms. The van der Waals surface area contributed by atoms with Crippen LogP contribution in [0.3, 0.4) is 0 Å². The first kappa shape index (κ1) is 6.88. The van der Waals surface area contributed by atoms with Crippen molar-refractivity contribution in [1.82, 2.24) is 0 Å². The Hall–Kier alpha value is -0.120. The van der Waals surface area contributed by atoms with Crippen molar-refractivity contribution in [2.45, 2.75) is 6.10 Å². The molecular weight excluding hydrogens is 96.0 g/mol. The van der Waals surface area contributed by atoms with Gasteiger partial charge in [-0.05, 0) is 0 Å². The van der Waals surface area contributed by atoms with Crippen molar-refractivity contribution in [2.24, 2.45) is 0 Å². The molecule has 0 aliphatic carbocycles. The molecule has 1 radical (unpaired) electrons. The average Bonchev–Trinajstić information content (AvgIpc) is 1.72. The lowest BCUT2D eigenvalue weighted by molar-refractivity contribution is -0.0121. The highest BCUT2D eigenvalue weighted by atomic mass is 16.5. The predicted molar refractivity (Wildman–Crippen MR) is 23.4 cm³/mol. The summed E-state index contributed by atoms with van der Waals surface area (Å²) in [5.74, 6) is 0. The van der Waals surface area contributed by atoms with Gasteiger partial charge in [0.1, 0.15) is 12.7 Å². The van der Waals surface area contributed by atoms with Gasteiger partial charge in [0.2, 0.25) is 0 Å². The summed E-state index contributed by atoms with van der Waals surface area (Å²) in [6.45, 7) is -0.549. The molecule has 1 atom stereocenters. The summed E-state index contributed by atoms with van der Waals surface area (Å²) in [5, 5.41) is 18.0. The predicted octanol–water partition coefficient (Wildman–Crippen LogP) is -0.576. The number of rotatable bonds is 3. The summed E-state index contributed by atoms with van der Waals surface area (Å²) < 4.78 is 4.49. The Balaban J connectivity index is 2.99. The number of methoxy groups -OCH3 is 1. The van der Waals surface area contributed by atoms with E-state index in [0.29, 0.717) is 0 Å². The molecule has 3 nitrogen and oxygen atoms in total. The monoisotopic (exact) mass is 105 g/mol. The van der Waals surface area contributed by atoms with Crippen LogP contribution in [0.4, 0.5) is 0 Å². The van der Waals surface area contributed by atoms with Crippen molar-refractivity contribution in [3.8, 4) is 0 Å². The van der Waals surface area contributed by atoms with Crippen LogP contribution in [0.5, 0.6) is 0 Å². The fourth-order valence-electron chi connectivity index (χ4n) is 0.195. The van der Waals surface area contributed by atoms with Gasteiger partial charge in [-0.25, -0.2) is 5.11 Å². The Morgan fingerprint density at radius 2 is 2.43 bits per heavy atom. The van der Waals surface area contributed by atoms with Gasteiger partial charge in [0.25, 0.3) is 0 Å². The van der Waals surface area contributed by atoms with Crippen LogP contribution in [0, 0.1) is 0 Å². The van der Waals surface area contributed by atoms with Crippen molar-refractivity contribution in [3.63, 3.8) is 0 Å². The summed E-state index contributed by atoms with van der Waals surface area (Å²) in [4.78, 5) is 0. The third-order valence-electron chi connectivity index (χ3n) is 0.723. The zero-order valence-corrected chi connectivity index (χ0v) is 4.26. The topological polar surface area (TPSA) is 49.4 Å². The molecule has 0 saturated heterocycles. The third kappa shape index (κ3) is 2.56. The van der Waals surface area contributed by atoms with Crippen LogP contribution in [0.25, 0.3) is 0 Å². The average molecular weight is 105 g/mol. The molecule has 1 N–H and O–H groups in total. The molecule has 43 valence electrons. The van der Waals surface area contributed by atoms with Crippen LogP contribution < -0.4 is 0 Å². The number of aliphatic hydroxyl groups is 1. The van der Waals surface area contributed by atoms with Gasteiger partial charge >= 0.3 is 0 Å². The van der Waals surface area contributed by atoms with Crippen LogP contribution in [0.1, 0.15) is 0 Å². The largest absolute Gasteiger partial charge is 0.394 e. The summed E-state index contributed by atoms with van der Waals surface area (Å²) in [5.41, 5.74) is 0. The number of ether oxygens (including phenoxy) is 1. The Labute approximate surface area is 42.5 Å². The highest BCUT2D eigenvalue weighted by molar-refractivity contribution is 4.47. The van der Waals surface area contributed by atoms with Crippen LogP contribution in [-0.2, 0) is 9.84 Å². The van der Waals surface area contributed by atoms with E-state index >= 15 is 0 Å². The highest BCUT2D eigenvalue weighted by Crippen LogP contribution is 1.82. The lowest BCUT2D eigenvalue weighted by atomic mass is 10.4. The second-order valence-electron chi connectivity index (χ2n) is 1.21. The van der Waals surface area contributed by atoms with Crippen molar-refractivity contribution in [2.75, 3.05) is 20.3 Å². The maximum atomic E-state index is 9.81. The van der Waals surface area contributed by atoms with Gasteiger partial charge in [0.05, 0.1) is 6.61 Å². The second-order valence-corrected chi connectivity index (χ2v) is 1.21. The minimum Gasteiger partial charge on any atom is -0.394 e. The molecule has 0 bridgehead atoms. The van der Waals surface area contributed by atoms with Crippen LogP contribution in [0.15, 0.2) is 0 Å². The summed E-state index contributed by atoms with van der Waals surface area (Å²) in [7, 11) is 1.40. The second kappa shape index (κ2) is 4.05. The molecule has 0 aliphatic heterocycles. The standard InChI is InChI=1S/C4H9O3/c1-7-4(2-5)3-6/h4-5H,2-3H2,1H3. The van der Waals surface area contributed by atoms with E-state index in [4.69, 9.17) is 5.11 Å².